The van der Waals surface area contributed by atoms with Crippen molar-refractivity contribution in [2.24, 2.45) is 0 Å². The summed E-state index contributed by atoms with van der Waals surface area (Å²) in [5.74, 6) is 1.13. The zero-order valence-corrected chi connectivity index (χ0v) is 12.8. The van der Waals surface area contributed by atoms with Crippen LogP contribution in [-0.2, 0) is 0 Å². The highest BCUT2D eigenvalue weighted by Crippen LogP contribution is 2.26. The van der Waals surface area contributed by atoms with E-state index in [1.54, 1.807) is 30.0 Å². The highest BCUT2D eigenvalue weighted by molar-refractivity contribution is 8.00. The Hall–Kier alpha value is -0.670. The maximum atomic E-state index is 12.1. The van der Waals surface area contributed by atoms with Crippen molar-refractivity contribution < 1.29 is 9.53 Å². The highest BCUT2D eigenvalue weighted by Gasteiger charge is 2.15. The maximum Gasteiger partial charge on any atom is 0.176 e. The van der Waals surface area contributed by atoms with Crippen molar-refractivity contribution in [2.75, 3.05) is 5.75 Å². The van der Waals surface area contributed by atoms with Crippen LogP contribution < -0.4 is 4.74 Å². The van der Waals surface area contributed by atoms with Gasteiger partial charge >= 0.3 is 0 Å². The average molecular weight is 287 g/mol. The Morgan fingerprint density at radius 3 is 2.56 bits per heavy atom. The minimum Gasteiger partial charge on any atom is -0.490 e. The van der Waals surface area contributed by atoms with Gasteiger partial charge in [-0.3, -0.25) is 4.79 Å². The van der Waals surface area contributed by atoms with Crippen LogP contribution in [0.3, 0.4) is 0 Å². The molecule has 1 rings (SSSR count). The van der Waals surface area contributed by atoms with Crippen LogP contribution >= 0.6 is 23.4 Å². The summed E-state index contributed by atoms with van der Waals surface area (Å²) in [6.07, 6.45) is 0.0375. The molecule has 0 saturated heterocycles. The van der Waals surface area contributed by atoms with Crippen LogP contribution in [0.2, 0.25) is 5.02 Å². The Morgan fingerprint density at radius 1 is 1.33 bits per heavy atom. The SMILES string of the molecule is CC(C)Oc1ccc(Cl)cc1C(=O)CSC(C)C. The van der Waals surface area contributed by atoms with E-state index < -0.39 is 0 Å². The number of benzene rings is 1. The Balaban J connectivity index is 2.90. The fourth-order valence-corrected chi connectivity index (χ4v) is 2.21. The fourth-order valence-electron chi connectivity index (χ4n) is 1.40. The summed E-state index contributed by atoms with van der Waals surface area (Å²) in [7, 11) is 0. The number of hydrogen-bond donors (Lipinski definition) is 0. The number of carbonyl (C=O) groups is 1. The Morgan fingerprint density at radius 2 is 2.00 bits per heavy atom. The molecule has 0 fully saturated rings. The second-order valence-electron chi connectivity index (χ2n) is 4.59. The van der Waals surface area contributed by atoms with Gasteiger partial charge in [-0.15, -0.1) is 0 Å². The monoisotopic (exact) mass is 286 g/mol. The summed E-state index contributed by atoms with van der Waals surface area (Å²) < 4.78 is 5.64. The van der Waals surface area contributed by atoms with Crippen molar-refractivity contribution >= 4 is 29.1 Å². The molecule has 0 spiro atoms. The van der Waals surface area contributed by atoms with Gasteiger partial charge in [-0.25, -0.2) is 0 Å². The minimum absolute atomic E-state index is 0.0375. The van der Waals surface area contributed by atoms with Crippen molar-refractivity contribution in [3.05, 3.63) is 28.8 Å². The number of ether oxygens (including phenoxy) is 1. The minimum atomic E-state index is 0.0375. The molecule has 0 saturated carbocycles. The number of ketones is 1. The average Bonchev–Trinajstić information content (AvgIpc) is 2.27. The van der Waals surface area contributed by atoms with Gasteiger partial charge in [0.15, 0.2) is 5.78 Å². The number of rotatable bonds is 6. The zero-order valence-electron chi connectivity index (χ0n) is 11.2. The van der Waals surface area contributed by atoms with E-state index in [4.69, 9.17) is 16.3 Å². The van der Waals surface area contributed by atoms with Crippen LogP contribution in [0.15, 0.2) is 18.2 Å². The van der Waals surface area contributed by atoms with E-state index >= 15 is 0 Å². The first-order chi connectivity index (χ1) is 8.40. The molecule has 0 bridgehead atoms. The predicted molar refractivity (Wildman–Crippen MR) is 79.1 cm³/mol. The lowest BCUT2D eigenvalue weighted by Gasteiger charge is -2.14. The number of hydrogen-bond acceptors (Lipinski definition) is 3. The van der Waals surface area contributed by atoms with E-state index in [1.165, 1.54) is 0 Å². The Labute approximate surface area is 118 Å². The summed E-state index contributed by atoms with van der Waals surface area (Å²) in [4.78, 5) is 12.1. The molecular weight excluding hydrogens is 268 g/mol. The molecule has 0 aliphatic heterocycles. The van der Waals surface area contributed by atoms with Crippen molar-refractivity contribution in [3.63, 3.8) is 0 Å². The summed E-state index contributed by atoms with van der Waals surface area (Å²) in [6, 6.07) is 5.18. The van der Waals surface area contributed by atoms with Gasteiger partial charge in [-0.05, 0) is 37.3 Å². The van der Waals surface area contributed by atoms with Crippen LogP contribution in [0, 0.1) is 0 Å². The van der Waals surface area contributed by atoms with Crippen molar-refractivity contribution in [1.82, 2.24) is 0 Å². The van der Waals surface area contributed by atoms with Crippen LogP contribution in [0.4, 0.5) is 0 Å². The Kier molecular flexibility index (Phi) is 6.03. The molecule has 1 aromatic rings. The third-order valence-corrected chi connectivity index (χ3v) is 3.48. The van der Waals surface area contributed by atoms with E-state index in [0.717, 1.165) is 0 Å². The predicted octanol–water partition coefficient (Wildman–Crippen LogP) is 4.45. The molecule has 0 aliphatic rings. The molecule has 0 amide bonds. The van der Waals surface area contributed by atoms with Gasteiger partial charge in [-0.2, -0.15) is 11.8 Å². The molecule has 0 radical (unpaired) electrons. The standard InChI is InChI=1S/C14H19ClO2S/c1-9(2)17-14-6-5-11(15)7-12(14)13(16)8-18-10(3)4/h5-7,9-10H,8H2,1-4H3. The second kappa shape index (κ2) is 7.05. The number of carbonyl (C=O) groups excluding carboxylic acids is 1. The van der Waals surface area contributed by atoms with Gasteiger partial charge in [0.2, 0.25) is 0 Å². The van der Waals surface area contributed by atoms with E-state index in [1.807, 2.05) is 13.8 Å². The smallest absolute Gasteiger partial charge is 0.176 e. The molecule has 18 heavy (non-hydrogen) atoms. The molecule has 0 N–H and O–H groups in total. The first kappa shape index (κ1) is 15.4. The van der Waals surface area contributed by atoms with E-state index in [2.05, 4.69) is 13.8 Å². The zero-order chi connectivity index (χ0) is 13.7. The second-order valence-corrected chi connectivity index (χ2v) is 6.59. The van der Waals surface area contributed by atoms with Gasteiger partial charge < -0.3 is 4.74 Å². The van der Waals surface area contributed by atoms with Crippen LogP contribution in [0.5, 0.6) is 5.75 Å². The molecule has 0 aliphatic carbocycles. The molecule has 0 aromatic heterocycles. The molecule has 1 aromatic carbocycles. The van der Waals surface area contributed by atoms with E-state index in [9.17, 15) is 4.79 Å². The maximum absolute atomic E-state index is 12.1. The third-order valence-electron chi connectivity index (χ3n) is 2.15. The van der Waals surface area contributed by atoms with Crippen molar-refractivity contribution in [3.8, 4) is 5.75 Å². The third kappa shape index (κ3) is 4.91. The summed E-state index contributed by atoms with van der Waals surface area (Å²) >= 11 is 7.57. The quantitative estimate of drug-likeness (QED) is 0.723. The lowest BCUT2D eigenvalue weighted by Crippen LogP contribution is -2.12. The molecule has 4 heteroatoms. The molecule has 0 unspecified atom stereocenters. The van der Waals surface area contributed by atoms with Gasteiger partial charge in [0.25, 0.3) is 0 Å². The van der Waals surface area contributed by atoms with Crippen LogP contribution in [0.25, 0.3) is 0 Å². The molecule has 0 atom stereocenters. The first-order valence-electron chi connectivity index (χ1n) is 6.01. The largest absolute Gasteiger partial charge is 0.490 e. The highest BCUT2D eigenvalue weighted by atomic mass is 35.5. The molecule has 0 heterocycles. The topological polar surface area (TPSA) is 26.3 Å². The number of Topliss-reactive ketones (excluding diaryl/α,β-unsaturated/α-hetero) is 1. The van der Waals surface area contributed by atoms with Crippen LogP contribution in [-0.4, -0.2) is 22.9 Å². The van der Waals surface area contributed by atoms with Gasteiger partial charge in [0, 0.05) is 5.02 Å². The molecule has 100 valence electrons. The van der Waals surface area contributed by atoms with Gasteiger partial charge in [-0.1, -0.05) is 25.4 Å². The number of thioether (sulfide) groups is 1. The lowest BCUT2D eigenvalue weighted by molar-refractivity contribution is 0.101. The van der Waals surface area contributed by atoms with Crippen LogP contribution in [0.1, 0.15) is 38.1 Å². The van der Waals surface area contributed by atoms with E-state index in [-0.39, 0.29) is 11.9 Å². The summed E-state index contributed by atoms with van der Waals surface area (Å²) in [5, 5.41) is 0.992. The van der Waals surface area contributed by atoms with Gasteiger partial charge in [0.05, 0.1) is 17.4 Å². The van der Waals surface area contributed by atoms with Gasteiger partial charge in [0.1, 0.15) is 5.75 Å². The van der Waals surface area contributed by atoms with E-state index in [0.29, 0.717) is 27.3 Å². The molecule has 2 nitrogen and oxygen atoms in total. The summed E-state index contributed by atoms with van der Waals surface area (Å²) in [5.41, 5.74) is 0.573. The van der Waals surface area contributed by atoms with Crippen molar-refractivity contribution in [1.29, 1.82) is 0 Å². The number of halogens is 1. The first-order valence-corrected chi connectivity index (χ1v) is 7.44. The summed E-state index contributed by atoms with van der Waals surface area (Å²) in [6.45, 7) is 8.01. The fraction of sp³-hybridized carbons (Fsp3) is 0.500. The Bertz CT molecular complexity index is 416. The normalized spacial score (nSPS) is 11.1. The molecular formula is C14H19ClO2S. The van der Waals surface area contributed by atoms with Crippen molar-refractivity contribution in [2.45, 2.75) is 39.0 Å². The lowest BCUT2D eigenvalue weighted by atomic mass is 10.1.